The van der Waals surface area contributed by atoms with Crippen LogP contribution in [-0.4, -0.2) is 47.5 Å². The van der Waals surface area contributed by atoms with Crippen molar-refractivity contribution in [1.82, 2.24) is 20.3 Å². The molecule has 0 aromatic carbocycles. The van der Waals surface area contributed by atoms with Crippen molar-refractivity contribution in [2.45, 2.75) is 6.92 Å². The van der Waals surface area contributed by atoms with Gasteiger partial charge in [-0.3, -0.25) is 10.1 Å². The Labute approximate surface area is 77.7 Å². The fourth-order valence-corrected chi connectivity index (χ4v) is 0.959. The van der Waals surface area contributed by atoms with Crippen LogP contribution < -0.4 is 10.9 Å². The fourth-order valence-electron chi connectivity index (χ4n) is 0.959. The summed E-state index contributed by atoms with van der Waals surface area (Å²) in [6, 6.07) is 0. The van der Waals surface area contributed by atoms with Crippen LogP contribution in [0.5, 0.6) is 0 Å². The number of rotatable bonds is 4. The van der Waals surface area contributed by atoms with Crippen LogP contribution in [0, 0.1) is 6.92 Å². The summed E-state index contributed by atoms with van der Waals surface area (Å²) in [5.41, 5.74) is 0.890. The van der Waals surface area contributed by atoms with E-state index in [4.69, 9.17) is 5.84 Å². The standard InChI is InChI=1S/C7H16N6/c1-6-7(10-11-9-6)13(8)5-4-12(2)3/h4-5,8H2,1-3H3,(H,9,10,11). The molecule has 6 nitrogen and oxygen atoms in total. The van der Waals surface area contributed by atoms with E-state index in [1.165, 1.54) is 0 Å². The van der Waals surface area contributed by atoms with E-state index in [9.17, 15) is 0 Å². The van der Waals surface area contributed by atoms with Crippen molar-refractivity contribution < 1.29 is 0 Å². The van der Waals surface area contributed by atoms with E-state index in [0.29, 0.717) is 5.82 Å². The predicted octanol–water partition coefficient (Wildman–Crippen LogP) is -0.645. The molecule has 0 unspecified atom stereocenters. The summed E-state index contributed by atoms with van der Waals surface area (Å²) in [5.74, 6) is 6.48. The molecule has 0 radical (unpaired) electrons. The summed E-state index contributed by atoms with van der Waals surface area (Å²) in [5, 5.41) is 11.9. The number of nitrogens with zero attached hydrogens (tertiary/aromatic N) is 4. The molecule has 1 aromatic rings. The van der Waals surface area contributed by atoms with Crippen LogP contribution in [0.1, 0.15) is 5.69 Å². The second-order valence-corrected chi connectivity index (χ2v) is 3.26. The van der Waals surface area contributed by atoms with Crippen LogP contribution in [0.25, 0.3) is 0 Å². The normalized spacial score (nSPS) is 10.8. The number of aromatic nitrogens is 3. The number of nitrogens with two attached hydrogens (primary N) is 1. The van der Waals surface area contributed by atoms with Gasteiger partial charge in [-0.25, -0.2) is 5.84 Å². The number of H-pyrrole nitrogens is 1. The quantitative estimate of drug-likeness (QED) is 0.480. The lowest BCUT2D eigenvalue weighted by molar-refractivity contribution is 0.413. The molecular formula is C7H16N6. The minimum atomic E-state index is 0.710. The summed E-state index contributed by atoms with van der Waals surface area (Å²) in [6.45, 7) is 3.52. The van der Waals surface area contributed by atoms with Crippen molar-refractivity contribution in [3.8, 4) is 0 Å². The highest BCUT2D eigenvalue weighted by Gasteiger charge is 2.08. The highest BCUT2D eigenvalue weighted by molar-refractivity contribution is 5.39. The predicted molar refractivity (Wildman–Crippen MR) is 51.2 cm³/mol. The zero-order valence-electron chi connectivity index (χ0n) is 8.28. The van der Waals surface area contributed by atoms with Gasteiger partial charge in [0.15, 0.2) is 5.82 Å². The molecule has 0 saturated heterocycles. The third-order valence-corrected chi connectivity index (χ3v) is 1.76. The summed E-state index contributed by atoms with van der Waals surface area (Å²) in [6.07, 6.45) is 0. The molecule has 74 valence electrons. The van der Waals surface area contributed by atoms with Crippen molar-refractivity contribution in [1.29, 1.82) is 0 Å². The molecule has 0 fully saturated rings. The van der Waals surface area contributed by atoms with Gasteiger partial charge < -0.3 is 4.90 Å². The zero-order valence-corrected chi connectivity index (χ0v) is 8.28. The van der Waals surface area contributed by atoms with Crippen molar-refractivity contribution >= 4 is 5.82 Å². The van der Waals surface area contributed by atoms with Crippen LogP contribution in [0.3, 0.4) is 0 Å². The first-order valence-electron chi connectivity index (χ1n) is 4.16. The second-order valence-electron chi connectivity index (χ2n) is 3.26. The van der Waals surface area contributed by atoms with E-state index < -0.39 is 0 Å². The number of hydrogen-bond donors (Lipinski definition) is 2. The molecule has 1 aromatic heterocycles. The fraction of sp³-hybridized carbons (Fsp3) is 0.714. The van der Waals surface area contributed by atoms with Gasteiger partial charge in [-0.05, 0) is 21.0 Å². The Bertz CT molecular complexity index is 255. The lowest BCUT2D eigenvalue weighted by Gasteiger charge is -2.18. The number of likely N-dealkylation sites (N-methyl/N-ethyl adjacent to an activating group) is 1. The van der Waals surface area contributed by atoms with Gasteiger partial charge in [0.25, 0.3) is 0 Å². The number of hydrogen-bond acceptors (Lipinski definition) is 5. The first-order chi connectivity index (χ1) is 6.11. The topological polar surface area (TPSA) is 74.1 Å². The summed E-state index contributed by atoms with van der Waals surface area (Å²) in [7, 11) is 4.01. The van der Waals surface area contributed by atoms with E-state index >= 15 is 0 Å². The number of anilines is 1. The average molecular weight is 184 g/mol. The number of hydrazine groups is 1. The minimum Gasteiger partial charge on any atom is -0.308 e. The van der Waals surface area contributed by atoms with Crippen molar-refractivity contribution in [3.63, 3.8) is 0 Å². The monoisotopic (exact) mass is 184 g/mol. The molecule has 13 heavy (non-hydrogen) atoms. The second kappa shape index (κ2) is 4.20. The van der Waals surface area contributed by atoms with Crippen LogP contribution in [0.15, 0.2) is 0 Å². The number of aryl methyl sites for hydroxylation is 1. The summed E-state index contributed by atoms with van der Waals surface area (Å²) >= 11 is 0. The van der Waals surface area contributed by atoms with Crippen molar-refractivity contribution in [2.24, 2.45) is 5.84 Å². The molecule has 6 heteroatoms. The highest BCUT2D eigenvalue weighted by Crippen LogP contribution is 2.08. The molecule has 0 bridgehead atoms. The lowest BCUT2D eigenvalue weighted by atomic mass is 10.4. The van der Waals surface area contributed by atoms with Crippen molar-refractivity contribution in [3.05, 3.63) is 5.69 Å². The third kappa shape index (κ3) is 2.67. The Balaban J connectivity index is 2.49. The maximum Gasteiger partial charge on any atom is 0.187 e. The summed E-state index contributed by atoms with van der Waals surface area (Å²) < 4.78 is 0. The van der Waals surface area contributed by atoms with E-state index in [-0.39, 0.29) is 0 Å². The molecule has 0 aliphatic rings. The lowest BCUT2D eigenvalue weighted by Crippen LogP contribution is -2.37. The van der Waals surface area contributed by atoms with Crippen LogP contribution in [0.2, 0.25) is 0 Å². The molecular weight excluding hydrogens is 168 g/mol. The van der Waals surface area contributed by atoms with E-state index in [1.807, 2.05) is 21.0 Å². The van der Waals surface area contributed by atoms with Gasteiger partial charge in [0.2, 0.25) is 0 Å². The smallest absolute Gasteiger partial charge is 0.187 e. The van der Waals surface area contributed by atoms with Crippen LogP contribution in [0.4, 0.5) is 5.82 Å². The van der Waals surface area contributed by atoms with Gasteiger partial charge in [0, 0.05) is 13.1 Å². The van der Waals surface area contributed by atoms with E-state index in [2.05, 4.69) is 20.3 Å². The molecule has 3 N–H and O–H groups in total. The van der Waals surface area contributed by atoms with Gasteiger partial charge in [-0.2, -0.15) is 0 Å². The van der Waals surface area contributed by atoms with Gasteiger partial charge in [-0.15, -0.1) is 5.10 Å². The molecule has 0 aliphatic carbocycles. The van der Waals surface area contributed by atoms with Gasteiger partial charge in [0.1, 0.15) is 0 Å². The third-order valence-electron chi connectivity index (χ3n) is 1.76. The maximum absolute atomic E-state index is 5.77. The molecule has 0 spiro atoms. The van der Waals surface area contributed by atoms with E-state index in [0.717, 1.165) is 18.8 Å². The molecule has 0 amide bonds. The van der Waals surface area contributed by atoms with Gasteiger partial charge in [-0.1, -0.05) is 5.21 Å². The Kier molecular flexibility index (Phi) is 3.21. The SMILES string of the molecule is Cc1[nH]nnc1N(N)CCN(C)C. The Morgan fingerprint density at radius 2 is 2.08 bits per heavy atom. The van der Waals surface area contributed by atoms with Crippen LogP contribution >= 0.6 is 0 Å². The molecule has 0 aliphatic heterocycles. The zero-order chi connectivity index (χ0) is 9.84. The first-order valence-corrected chi connectivity index (χ1v) is 4.16. The Morgan fingerprint density at radius 3 is 2.54 bits per heavy atom. The van der Waals surface area contributed by atoms with E-state index in [1.54, 1.807) is 5.01 Å². The largest absolute Gasteiger partial charge is 0.308 e. The molecule has 0 atom stereocenters. The summed E-state index contributed by atoms with van der Waals surface area (Å²) in [4.78, 5) is 2.06. The number of aromatic amines is 1. The molecule has 1 rings (SSSR count). The molecule has 1 heterocycles. The highest BCUT2D eigenvalue weighted by atomic mass is 15.5. The first kappa shape index (κ1) is 9.94. The van der Waals surface area contributed by atoms with Crippen molar-refractivity contribution in [2.75, 3.05) is 32.2 Å². The Hall–Kier alpha value is -1.14. The minimum absolute atomic E-state index is 0.710. The molecule has 0 saturated carbocycles. The van der Waals surface area contributed by atoms with Gasteiger partial charge in [0.05, 0.1) is 5.69 Å². The maximum atomic E-state index is 5.77. The number of nitrogens with one attached hydrogen (secondary N) is 1. The Morgan fingerprint density at radius 1 is 1.38 bits per heavy atom. The van der Waals surface area contributed by atoms with Crippen LogP contribution in [-0.2, 0) is 0 Å². The average Bonchev–Trinajstić information content (AvgIpc) is 2.47. The van der Waals surface area contributed by atoms with Gasteiger partial charge >= 0.3 is 0 Å².